The van der Waals surface area contributed by atoms with Crippen LogP contribution in [-0.2, 0) is 6.18 Å². The zero-order valence-electron chi connectivity index (χ0n) is 12.1. The van der Waals surface area contributed by atoms with Crippen molar-refractivity contribution in [2.75, 3.05) is 0 Å². The van der Waals surface area contributed by atoms with Crippen LogP contribution >= 0.6 is 0 Å². The first-order valence-electron chi connectivity index (χ1n) is 6.77. The van der Waals surface area contributed by atoms with Gasteiger partial charge >= 0.3 is 6.18 Å². The number of aryl methyl sites for hydroxylation is 2. The molecule has 0 aliphatic heterocycles. The summed E-state index contributed by atoms with van der Waals surface area (Å²) in [6.07, 6.45) is -2.88. The Kier molecular flexibility index (Phi) is 3.35. The molecule has 2 nitrogen and oxygen atoms in total. The highest BCUT2D eigenvalue weighted by Crippen LogP contribution is 2.38. The van der Waals surface area contributed by atoms with E-state index in [2.05, 4.69) is 9.97 Å². The van der Waals surface area contributed by atoms with Gasteiger partial charge in [-0.3, -0.25) is 9.97 Å². The lowest BCUT2D eigenvalue weighted by Crippen LogP contribution is -2.09. The summed E-state index contributed by atoms with van der Waals surface area (Å²) in [4.78, 5) is 8.39. The van der Waals surface area contributed by atoms with Gasteiger partial charge in [0.15, 0.2) is 0 Å². The van der Waals surface area contributed by atoms with Crippen molar-refractivity contribution < 1.29 is 13.2 Å². The molecule has 0 aliphatic carbocycles. The molecule has 0 N–H and O–H groups in total. The molecule has 1 aromatic carbocycles. The Hall–Kier alpha value is -2.43. The molecule has 0 radical (unpaired) electrons. The van der Waals surface area contributed by atoms with Crippen LogP contribution in [0.4, 0.5) is 13.2 Å². The lowest BCUT2D eigenvalue weighted by atomic mass is 9.99. The van der Waals surface area contributed by atoms with Crippen LogP contribution in [0.25, 0.3) is 22.2 Å². The second-order valence-electron chi connectivity index (χ2n) is 5.18. The standard InChI is InChI=1S/C17H13F3N2/c1-10-5-7-13(15-12(10)4-3-9-21-15)16-14(17(18,19)20)8-6-11(2)22-16/h3-9H,1-2H3. The molecule has 22 heavy (non-hydrogen) atoms. The zero-order chi connectivity index (χ0) is 15.9. The van der Waals surface area contributed by atoms with Gasteiger partial charge in [0, 0.05) is 22.8 Å². The highest BCUT2D eigenvalue weighted by Gasteiger charge is 2.35. The third kappa shape index (κ3) is 2.43. The van der Waals surface area contributed by atoms with Crippen molar-refractivity contribution in [3.05, 3.63) is 59.4 Å². The van der Waals surface area contributed by atoms with Crippen molar-refractivity contribution in [2.24, 2.45) is 0 Å². The summed E-state index contributed by atoms with van der Waals surface area (Å²) in [5, 5.41) is 0.830. The second kappa shape index (κ2) is 5.09. The molecule has 0 bridgehead atoms. The fraction of sp³-hybridized carbons (Fsp3) is 0.176. The van der Waals surface area contributed by atoms with Crippen molar-refractivity contribution in [2.45, 2.75) is 20.0 Å². The van der Waals surface area contributed by atoms with Gasteiger partial charge in [-0.15, -0.1) is 0 Å². The fourth-order valence-corrected chi connectivity index (χ4v) is 2.50. The molecule has 0 fully saturated rings. The molecule has 0 aliphatic rings. The van der Waals surface area contributed by atoms with E-state index in [9.17, 15) is 13.2 Å². The highest BCUT2D eigenvalue weighted by molar-refractivity contribution is 5.95. The first-order chi connectivity index (χ1) is 10.4. The molecule has 2 aromatic heterocycles. The number of aromatic nitrogens is 2. The Bertz CT molecular complexity index is 854. The SMILES string of the molecule is Cc1ccc(C(F)(F)F)c(-c2ccc(C)c3cccnc23)n1. The Morgan fingerprint density at radius 1 is 0.955 bits per heavy atom. The van der Waals surface area contributed by atoms with Crippen LogP contribution in [0.15, 0.2) is 42.6 Å². The first kappa shape index (κ1) is 14.5. The maximum atomic E-state index is 13.3. The monoisotopic (exact) mass is 302 g/mol. The largest absolute Gasteiger partial charge is 0.418 e. The number of benzene rings is 1. The summed E-state index contributed by atoms with van der Waals surface area (Å²) in [5.74, 6) is 0. The van der Waals surface area contributed by atoms with Crippen LogP contribution in [0.3, 0.4) is 0 Å². The van der Waals surface area contributed by atoms with E-state index in [1.165, 1.54) is 6.07 Å². The van der Waals surface area contributed by atoms with Crippen LogP contribution in [0, 0.1) is 13.8 Å². The lowest BCUT2D eigenvalue weighted by molar-refractivity contribution is -0.137. The van der Waals surface area contributed by atoms with E-state index in [0.29, 0.717) is 16.8 Å². The number of rotatable bonds is 1. The first-order valence-corrected chi connectivity index (χ1v) is 6.77. The molecule has 0 saturated carbocycles. The van der Waals surface area contributed by atoms with Crippen LogP contribution in [0.1, 0.15) is 16.8 Å². The molecule has 2 heterocycles. The van der Waals surface area contributed by atoms with E-state index >= 15 is 0 Å². The van der Waals surface area contributed by atoms with Gasteiger partial charge in [-0.2, -0.15) is 13.2 Å². The molecule has 3 rings (SSSR count). The average molecular weight is 302 g/mol. The summed E-state index contributed by atoms with van der Waals surface area (Å²) in [5.41, 5.74) is 1.62. The average Bonchev–Trinajstić information content (AvgIpc) is 2.46. The van der Waals surface area contributed by atoms with E-state index in [4.69, 9.17) is 0 Å². The molecular formula is C17H13F3N2. The van der Waals surface area contributed by atoms with Gasteiger partial charge in [-0.05, 0) is 37.6 Å². The van der Waals surface area contributed by atoms with Crippen molar-refractivity contribution >= 4 is 10.9 Å². The summed E-state index contributed by atoms with van der Waals surface area (Å²) < 4.78 is 39.9. The minimum Gasteiger partial charge on any atom is -0.256 e. The van der Waals surface area contributed by atoms with Gasteiger partial charge in [-0.1, -0.05) is 18.2 Å². The predicted octanol–water partition coefficient (Wildman–Crippen LogP) is 4.93. The summed E-state index contributed by atoms with van der Waals surface area (Å²) in [7, 11) is 0. The Balaban J connectivity index is 2.38. The van der Waals surface area contributed by atoms with Crippen molar-refractivity contribution in [3.63, 3.8) is 0 Å². The summed E-state index contributed by atoms with van der Waals surface area (Å²) in [6, 6.07) is 9.52. The number of pyridine rings is 2. The molecule has 0 unspecified atom stereocenters. The second-order valence-corrected chi connectivity index (χ2v) is 5.18. The minimum atomic E-state index is -4.46. The third-order valence-electron chi connectivity index (χ3n) is 3.58. The van der Waals surface area contributed by atoms with Gasteiger partial charge in [0.25, 0.3) is 0 Å². The lowest BCUT2D eigenvalue weighted by Gasteiger charge is -2.14. The van der Waals surface area contributed by atoms with Crippen LogP contribution in [0.2, 0.25) is 0 Å². The van der Waals surface area contributed by atoms with Crippen molar-refractivity contribution in [1.82, 2.24) is 9.97 Å². The number of nitrogens with zero attached hydrogens (tertiary/aromatic N) is 2. The molecule has 0 saturated heterocycles. The number of hydrogen-bond donors (Lipinski definition) is 0. The zero-order valence-corrected chi connectivity index (χ0v) is 12.1. The molecule has 3 aromatic rings. The molecule has 5 heteroatoms. The highest BCUT2D eigenvalue weighted by atomic mass is 19.4. The van der Waals surface area contributed by atoms with Gasteiger partial charge in [0.05, 0.1) is 16.8 Å². The summed E-state index contributed by atoms with van der Waals surface area (Å²) in [6.45, 7) is 3.58. The van der Waals surface area contributed by atoms with E-state index in [-0.39, 0.29) is 5.69 Å². The summed E-state index contributed by atoms with van der Waals surface area (Å²) >= 11 is 0. The topological polar surface area (TPSA) is 25.8 Å². The molecule has 0 spiro atoms. The maximum absolute atomic E-state index is 13.3. The maximum Gasteiger partial charge on any atom is 0.418 e. The van der Waals surface area contributed by atoms with Crippen LogP contribution in [-0.4, -0.2) is 9.97 Å². The molecule has 0 amide bonds. The smallest absolute Gasteiger partial charge is 0.256 e. The van der Waals surface area contributed by atoms with Crippen LogP contribution < -0.4 is 0 Å². The van der Waals surface area contributed by atoms with Gasteiger partial charge in [-0.25, -0.2) is 0 Å². The molecule has 112 valence electrons. The number of hydrogen-bond acceptors (Lipinski definition) is 2. The van der Waals surface area contributed by atoms with E-state index in [1.807, 2.05) is 13.0 Å². The Morgan fingerprint density at radius 2 is 1.73 bits per heavy atom. The van der Waals surface area contributed by atoms with Crippen LogP contribution in [0.5, 0.6) is 0 Å². The van der Waals surface area contributed by atoms with Gasteiger partial charge < -0.3 is 0 Å². The van der Waals surface area contributed by atoms with Gasteiger partial charge in [0.2, 0.25) is 0 Å². The van der Waals surface area contributed by atoms with E-state index in [0.717, 1.165) is 17.0 Å². The Morgan fingerprint density at radius 3 is 2.45 bits per heavy atom. The molecular weight excluding hydrogens is 289 g/mol. The predicted molar refractivity (Wildman–Crippen MR) is 79.5 cm³/mol. The Labute approximate surface area is 125 Å². The van der Waals surface area contributed by atoms with Crippen molar-refractivity contribution in [1.29, 1.82) is 0 Å². The number of halogens is 3. The van der Waals surface area contributed by atoms with Crippen molar-refractivity contribution in [3.8, 4) is 11.3 Å². The third-order valence-corrected chi connectivity index (χ3v) is 3.58. The number of alkyl halides is 3. The molecule has 0 atom stereocenters. The fourth-order valence-electron chi connectivity index (χ4n) is 2.50. The quantitative estimate of drug-likeness (QED) is 0.637. The normalized spacial score (nSPS) is 11.9. The van der Waals surface area contributed by atoms with E-state index < -0.39 is 11.7 Å². The minimum absolute atomic E-state index is 0.0730. The number of fused-ring (bicyclic) bond motifs is 1. The van der Waals surface area contributed by atoms with E-state index in [1.54, 1.807) is 31.3 Å². The van der Waals surface area contributed by atoms with Gasteiger partial charge in [0.1, 0.15) is 0 Å².